The minimum atomic E-state index is -1.66. The van der Waals surface area contributed by atoms with E-state index in [9.17, 15) is 23.7 Å². The van der Waals surface area contributed by atoms with Crippen LogP contribution in [-0.2, 0) is 36.0 Å². The number of ether oxygens (including phenoxy) is 2. The molecule has 0 spiro atoms. The van der Waals surface area contributed by atoms with Gasteiger partial charge in [-0.05, 0) is 39.7 Å². The van der Waals surface area contributed by atoms with Crippen molar-refractivity contribution < 1.29 is 33.2 Å². The Morgan fingerprint density at radius 1 is 1.20 bits per heavy atom. The van der Waals surface area contributed by atoms with Gasteiger partial charge >= 0.3 is 6.03 Å². The van der Waals surface area contributed by atoms with E-state index in [2.05, 4.69) is 10.0 Å². The first kappa shape index (κ1) is 25.6. The van der Waals surface area contributed by atoms with Crippen molar-refractivity contribution in [2.45, 2.75) is 62.8 Å². The Bertz CT molecular complexity index is 1020. The van der Waals surface area contributed by atoms with Crippen molar-refractivity contribution in [1.82, 2.24) is 14.9 Å². The number of fused-ring (bicyclic) bond motifs is 1. The Kier molecular flexibility index (Phi) is 7.23. The molecule has 0 saturated carbocycles. The van der Waals surface area contributed by atoms with Gasteiger partial charge in [0.2, 0.25) is 5.91 Å². The van der Waals surface area contributed by atoms with Crippen molar-refractivity contribution in [2.24, 2.45) is 5.92 Å². The number of benzene rings is 1. The number of carbonyl (C=O) groups is 4. The third-order valence-electron chi connectivity index (χ3n) is 6.58. The highest BCUT2D eigenvalue weighted by Crippen LogP contribution is 2.41. The van der Waals surface area contributed by atoms with Gasteiger partial charge in [0.15, 0.2) is 11.7 Å². The fourth-order valence-electron chi connectivity index (χ4n) is 4.68. The van der Waals surface area contributed by atoms with Crippen molar-refractivity contribution in [1.29, 1.82) is 0 Å². The number of para-hydroxylation sites is 1. The van der Waals surface area contributed by atoms with Gasteiger partial charge in [0.25, 0.3) is 5.91 Å². The Morgan fingerprint density at radius 2 is 1.89 bits per heavy atom. The number of nitrogens with zero attached hydrogens (tertiary/aromatic N) is 1. The second kappa shape index (κ2) is 9.88. The lowest BCUT2D eigenvalue weighted by atomic mass is 9.78. The zero-order valence-electron chi connectivity index (χ0n) is 20.1. The molecule has 0 aromatic heterocycles. The summed E-state index contributed by atoms with van der Waals surface area (Å²) in [5.41, 5.74) is -0.478. The van der Waals surface area contributed by atoms with Gasteiger partial charge in [-0.15, -0.1) is 4.72 Å². The lowest BCUT2D eigenvalue weighted by Gasteiger charge is -2.42. The maximum atomic E-state index is 13.6. The van der Waals surface area contributed by atoms with Crippen LogP contribution in [0.5, 0.6) is 5.75 Å². The van der Waals surface area contributed by atoms with Crippen LogP contribution in [0.15, 0.2) is 24.3 Å². The van der Waals surface area contributed by atoms with Crippen LogP contribution in [0.1, 0.15) is 52.0 Å². The van der Waals surface area contributed by atoms with Crippen molar-refractivity contribution in [3.63, 3.8) is 0 Å². The molecule has 2 unspecified atom stereocenters. The lowest BCUT2D eigenvalue weighted by molar-refractivity contribution is -0.150. The molecule has 3 aliphatic heterocycles. The van der Waals surface area contributed by atoms with Crippen molar-refractivity contribution in [3.05, 3.63) is 29.8 Å². The van der Waals surface area contributed by atoms with E-state index in [-0.39, 0.29) is 13.0 Å². The van der Waals surface area contributed by atoms with Gasteiger partial charge in [0, 0.05) is 49.0 Å². The monoisotopic (exact) mass is 505 g/mol. The predicted octanol–water partition coefficient (Wildman–Crippen LogP) is 1.55. The van der Waals surface area contributed by atoms with Crippen LogP contribution in [0, 0.1) is 5.92 Å². The molecule has 2 saturated heterocycles. The van der Waals surface area contributed by atoms with E-state index in [1.165, 1.54) is 0 Å². The van der Waals surface area contributed by atoms with Gasteiger partial charge in [-0.3, -0.25) is 24.6 Å². The predicted molar refractivity (Wildman–Crippen MR) is 127 cm³/mol. The van der Waals surface area contributed by atoms with Gasteiger partial charge in [-0.2, -0.15) is 0 Å². The molecule has 3 heterocycles. The molecule has 35 heavy (non-hydrogen) atoms. The SMILES string of the molecule is CC(C)(C)[S+]([O-])N[C@@]1(CC(=O)C2C(=O)NC(=O)N(C3CCOCC3)C2=O)CCOc2ccccc21. The van der Waals surface area contributed by atoms with Crippen molar-refractivity contribution in [2.75, 3.05) is 19.8 Å². The van der Waals surface area contributed by atoms with Crippen LogP contribution in [0.3, 0.4) is 0 Å². The average Bonchev–Trinajstić information content (AvgIpc) is 2.79. The number of carbonyl (C=O) groups excluding carboxylic acids is 4. The van der Waals surface area contributed by atoms with E-state index in [4.69, 9.17) is 9.47 Å². The molecule has 2 fully saturated rings. The van der Waals surface area contributed by atoms with Crippen molar-refractivity contribution in [3.8, 4) is 5.75 Å². The number of Topliss-reactive ketones (excluding diaryl/α,β-unsaturated/α-hetero) is 1. The van der Waals surface area contributed by atoms with E-state index in [1.807, 2.05) is 20.8 Å². The number of hydrogen-bond acceptors (Lipinski definition) is 8. The standard InChI is InChI=1S/C24H31N3O7S/c1-23(2,3)35(32)26-24(10-13-34-18-7-5-4-6-16(18)24)14-17(28)19-20(29)25-22(31)27(21(19)30)15-8-11-33-12-9-15/h4-7,15,19,26H,8-14H2,1-3H3,(H,25,29,31)/t19?,24-,35?/m1/s1. The Labute approximate surface area is 207 Å². The molecule has 0 radical (unpaired) electrons. The topological polar surface area (TPSA) is 137 Å². The van der Waals surface area contributed by atoms with E-state index in [0.717, 1.165) is 4.90 Å². The molecule has 2 N–H and O–H groups in total. The summed E-state index contributed by atoms with van der Waals surface area (Å²) in [6.07, 6.45) is 0.918. The normalized spacial score (nSPS) is 26.6. The van der Waals surface area contributed by atoms with E-state index in [1.54, 1.807) is 24.3 Å². The molecule has 1 aromatic carbocycles. The zero-order chi connectivity index (χ0) is 25.4. The maximum Gasteiger partial charge on any atom is 0.331 e. The first-order valence-electron chi connectivity index (χ1n) is 11.7. The molecular weight excluding hydrogens is 474 g/mol. The number of imide groups is 2. The number of rotatable bonds is 6. The van der Waals surface area contributed by atoms with Gasteiger partial charge in [-0.1, -0.05) is 18.2 Å². The number of amides is 4. The summed E-state index contributed by atoms with van der Waals surface area (Å²) < 4.78 is 26.8. The zero-order valence-corrected chi connectivity index (χ0v) is 20.9. The Balaban J connectivity index is 1.65. The molecule has 3 aliphatic rings. The number of nitrogens with one attached hydrogen (secondary N) is 2. The third kappa shape index (κ3) is 5.09. The summed E-state index contributed by atoms with van der Waals surface area (Å²) in [6.45, 7) is 6.47. The summed E-state index contributed by atoms with van der Waals surface area (Å²) in [7, 11) is 0. The van der Waals surface area contributed by atoms with E-state index in [0.29, 0.717) is 43.8 Å². The summed E-state index contributed by atoms with van der Waals surface area (Å²) in [5, 5.41) is 2.18. The molecule has 11 heteroatoms. The maximum absolute atomic E-state index is 13.6. The number of hydrogen-bond donors (Lipinski definition) is 2. The summed E-state index contributed by atoms with van der Waals surface area (Å²) in [6, 6.07) is 5.89. The van der Waals surface area contributed by atoms with E-state index < -0.39 is 57.2 Å². The Hall–Kier alpha value is -2.47. The molecule has 190 valence electrons. The summed E-state index contributed by atoms with van der Waals surface area (Å²) >= 11 is -1.56. The quantitative estimate of drug-likeness (QED) is 0.439. The highest BCUT2D eigenvalue weighted by molar-refractivity contribution is 7.90. The smallest absolute Gasteiger partial charge is 0.331 e. The minimum absolute atomic E-state index is 0.260. The molecule has 3 atom stereocenters. The fraction of sp³-hybridized carbons (Fsp3) is 0.583. The largest absolute Gasteiger partial charge is 0.598 e. The highest BCUT2D eigenvalue weighted by atomic mass is 32.2. The first-order valence-corrected chi connectivity index (χ1v) is 12.9. The lowest BCUT2D eigenvalue weighted by Crippen LogP contribution is -2.64. The Morgan fingerprint density at radius 3 is 2.57 bits per heavy atom. The number of urea groups is 1. The van der Waals surface area contributed by atoms with Crippen LogP contribution in [-0.4, -0.2) is 63.7 Å². The van der Waals surface area contributed by atoms with E-state index >= 15 is 0 Å². The minimum Gasteiger partial charge on any atom is -0.598 e. The highest BCUT2D eigenvalue weighted by Gasteiger charge is 2.52. The van der Waals surface area contributed by atoms with Crippen LogP contribution in [0.25, 0.3) is 0 Å². The van der Waals surface area contributed by atoms with Gasteiger partial charge in [0.05, 0.1) is 6.61 Å². The van der Waals surface area contributed by atoms with Crippen LogP contribution in [0.2, 0.25) is 0 Å². The third-order valence-corrected chi connectivity index (χ3v) is 8.27. The first-order chi connectivity index (χ1) is 16.5. The second-order valence-electron chi connectivity index (χ2n) is 10.1. The van der Waals surface area contributed by atoms with Crippen LogP contribution >= 0.6 is 0 Å². The van der Waals surface area contributed by atoms with Crippen LogP contribution in [0.4, 0.5) is 4.79 Å². The molecule has 1 aromatic rings. The molecular formula is C24H31N3O7S. The van der Waals surface area contributed by atoms with Gasteiger partial charge in [0.1, 0.15) is 16.0 Å². The van der Waals surface area contributed by atoms with Crippen LogP contribution < -0.4 is 14.8 Å². The number of ketones is 1. The van der Waals surface area contributed by atoms with Gasteiger partial charge in [-0.25, -0.2) is 4.79 Å². The number of barbiturate groups is 1. The molecule has 0 aliphatic carbocycles. The average molecular weight is 506 g/mol. The fourth-order valence-corrected chi connectivity index (χ4v) is 5.62. The molecule has 4 amide bonds. The second-order valence-corrected chi connectivity index (χ2v) is 12.0. The molecule has 4 rings (SSSR count). The van der Waals surface area contributed by atoms with Crippen molar-refractivity contribution >= 4 is 35.0 Å². The van der Waals surface area contributed by atoms with Gasteiger partial charge < -0.3 is 14.0 Å². The summed E-state index contributed by atoms with van der Waals surface area (Å²) in [4.78, 5) is 53.2. The summed E-state index contributed by atoms with van der Waals surface area (Å²) in [5.74, 6) is -3.51. The molecule has 10 nitrogen and oxygen atoms in total. The molecule has 0 bridgehead atoms.